The van der Waals surface area contributed by atoms with E-state index < -0.39 is 43.9 Å². The molecule has 0 aliphatic rings. The van der Waals surface area contributed by atoms with Gasteiger partial charge in [0, 0.05) is 40.8 Å². The Morgan fingerprint density at radius 3 is 1.72 bits per heavy atom. The Labute approximate surface area is 203 Å². The fraction of sp³-hybridized carbons (Fsp3) is 0.250. The van der Waals surface area contributed by atoms with E-state index in [2.05, 4.69) is 0 Å². The molecule has 0 radical (unpaired) electrons. The molecule has 0 unspecified atom stereocenters. The van der Waals surface area contributed by atoms with Crippen LogP contribution in [0.3, 0.4) is 0 Å². The van der Waals surface area contributed by atoms with Crippen molar-refractivity contribution in [1.29, 1.82) is 0 Å². The van der Waals surface area contributed by atoms with Gasteiger partial charge in [0.25, 0.3) is 16.9 Å². The van der Waals surface area contributed by atoms with Gasteiger partial charge in [-0.15, -0.1) is 4.74 Å². The number of rotatable bonds is 3. The van der Waals surface area contributed by atoms with Crippen molar-refractivity contribution in [3.05, 3.63) is 95.5 Å². The molecule has 0 aliphatic heterocycles. The van der Waals surface area contributed by atoms with Crippen molar-refractivity contribution >= 4 is 23.0 Å². The van der Waals surface area contributed by atoms with E-state index in [9.17, 15) is 38.2 Å². The summed E-state index contributed by atoms with van der Waals surface area (Å²) in [7, 11) is 0. The lowest BCUT2D eigenvalue weighted by atomic mass is 9.94. The number of alkyl halides is 3. The molecule has 1 heterocycles. The lowest BCUT2D eigenvalue weighted by molar-refractivity contribution is -0.385. The minimum Gasteiger partial charge on any atom is -0.375 e. The van der Waals surface area contributed by atoms with Crippen molar-refractivity contribution in [3.63, 3.8) is 0 Å². The number of hydrogen-bond acceptors (Lipinski definition) is 6. The topological polar surface area (TPSA) is 121 Å². The standard InChI is InChI=1S/C14H13F3N2O4.C6H4ClNO2.3FH/c1-13(2,3)11-7-12(20)18(23-11)10-5-4-8(19(21)22)6-9(10)14(15,16)17;7-5-1-3-6(4-2-5)8(9)10;;;/h4-7H,1-3H3;1-4H;3*1H. The number of non-ortho nitro benzene ring substituents is 2. The van der Waals surface area contributed by atoms with E-state index in [1.54, 1.807) is 20.8 Å². The minimum atomic E-state index is -4.88. The van der Waals surface area contributed by atoms with Crippen molar-refractivity contribution < 1.29 is 41.7 Å². The fourth-order valence-corrected chi connectivity index (χ4v) is 2.59. The number of hydrogen-bond donors (Lipinski definition) is 0. The number of nitro benzene ring substituents is 2. The molecule has 3 aromatic rings. The first-order valence-corrected chi connectivity index (χ1v) is 9.49. The predicted octanol–water partition coefficient (Wildman–Crippen LogP) is 6.36. The SMILES string of the molecule is CC(C)(C)c1cc(=O)n(-c2ccc([N+](=O)[O-])cc2C(F)(F)F)o1.F.F.F.O=[N+]([O-])c1ccc(Cl)cc1. The second kappa shape index (κ2) is 12.7. The molecule has 0 amide bonds. The van der Waals surface area contributed by atoms with Crippen LogP contribution in [0, 0.1) is 20.2 Å². The highest BCUT2D eigenvalue weighted by Gasteiger charge is 2.37. The Morgan fingerprint density at radius 1 is 0.861 bits per heavy atom. The van der Waals surface area contributed by atoms with Crippen LogP contribution in [-0.2, 0) is 11.6 Å². The van der Waals surface area contributed by atoms with Crippen LogP contribution in [0.5, 0.6) is 0 Å². The molecule has 0 fully saturated rings. The summed E-state index contributed by atoms with van der Waals surface area (Å²) in [4.78, 5) is 31.3. The van der Waals surface area contributed by atoms with Crippen LogP contribution in [0.25, 0.3) is 5.69 Å². The van der Waals surface area contributed by atoms with E-state index in [4.69, 9.17) is 16.1 Å². The molecule has 36 heavy (non-hydrogen) atoms. The van der Waals surface area contributed by atoms with Crippen molar-refractivity contribution in [2.75, 3.05) is 0 Å². The summed E-state index contributed by atoms with van der Waals surface area (Å²) in [5.74, 6) is 0.203. The largest absolute Gasteiger partial charge is 0.418 e. The van der Waals surface area contributed by atoms with Crippen LogP contribution in [0.15, 0.2) is 57.8 Å². The summed E-state index contributed by atoms with van der Waals surface area (Å²) in [6.45, 7) is 5.20. The number of aromatic nitrogens is 1. The summed E-state index contributed by atoms with van der Waals surface area (Å²) >= 11 is 5.49. The van der Waals surface area contributed by atoms with Crippen molar-refractivity contribution in [2.24, 2.45) is 0 Å². The van der Waals surface area contributed by atoms with Gasteiger partial charge < -0.3 is 4.52 Å². The molecular weight excluding hydrogens is 528 g/mol. The maximum atomic E-state index is 13.2. The molecular formula is C20H20ClF6N3O6. The summed E-state index contributed by atoms with van der Waals surface area (Å²) in [6, 6.07) is 8.90. The van der Waals surface area contributed by atoms with Gasteiger partial charge in [-0.1, -0.05) is 32.4 Å². The monoisotopic (exact) mass is 547 g/mol. The molecule has 0 saturated heterocycles. The molecule has 200 valence electrons. The molecule has 0 aliphatic carbocycles. The van der Waals surface area contributed by atoms with Gasteiger partial charge >= 0.3 is 6.18 Å². The van der Waals surface area contributed by atoms with E-state index in [-0.39, 0.29) is 25.6 Å². The summed E-state index contributed by atoms with van der Waals surface area (Å²) in [5, 5.41) is 21.3. The highest BCUT2D eigenvalue weighted by molar-refractivity contribution is 6.30. The van der Waals surface area contributed by atoms with Crippen LogP contribution in [-0.4, -0.2) is 14.6 Å². The van der Waals surface area contributed by atoms with Gasteiger partial charge in [-0.3, -0.25) is 39.1 Å². The highest BCUT2D eigenvalue weighted by atomic mass is 35.5. The molecule has 0 N–H and O–H groups in total. The molecule has 0 spiro atoms. The third-order valence-corrected chi connectivity index (χ3v) is 4.39. The van der Waals surface area contributed by atoms with E-state index in [0.717, 1.165) is 18.2 Å². The average Bonchev–Trinajstić information content (AvgIpc) is 3.09. The van der Waals surface area contributed by atoms with Crippen molar-refractivity contribution in [1.82, 2.24) is 4.74 Å². The van der Waals surface area contributed by atoms with Gasteiger partial charge in [-0.25, -0.2) is 0 Å². The molecule has 0 atom stereocenters. The van der Waals surface area contributed by atoms with Gasteiger partial charge in [0.15, 0.2) is 0 Å². The first kappa shape index (κ1) is 34.3. The molecule has 0 bridgehead atoms. The lowest BCUT2D eigenvalue weighted by Gasteiger charge is -2.14. The zero-order valence-electron chi connectivity index (χ0n) is 18.6. The van der Waals surface area contributed by atoms with Gasteiger partial charge in [0.1, 0.15) is 5.76 Å². The highest BCUT2D eigenvalue weighted by Crippen LogP contribution is 2.36. The van der Waals surface area contributed by atoms with Crippen LogP contribution in [0.4, 0.5) is 38.7 Å². The maximum Gasteiger partial charge on any atom is 0.418 e. The van der Waals surface area contributed by atoms with Crippen molar-refractivity contribution in [3.8, 4) is 5.69 Å². The van der Waals surface area contributed by atoms with Gasteiger partial charge in [-0.05, 0) is 18.2 Å². The summed E-state index contributed by atoms with van der Waals surface area (Å²) in [6.07, 6.45) is -4.88. The first-order chi connectivity index (χ1) is 15.1. The van der Waals surface area contributed by atoms with E-state index in [1.165, 1.54) is 24.3 Å². The van der Waals surface area contributed by atoms with Crippen LogP contribution in [0.1, 0.15) is 32.1 Å². The summed E-state index contributed by atoms with van der Waals surface area (Å²) < 4.78 is 45.2. The second-order valence-electron chi connectivity index (χ2n) is 7.67. The Hall–Kier alpha value is -3.88. The Kier molecular flexibility index (Phi) is 12.1. The molecule has 2 aromatic carbocycles. The van der Waals surface area contributed by atoms with Gasteiger partial charge in [-0.2, -0.15) is 13.2 Å². The zero-order chi connectivity index (χ0) is 25.1. The number of nitro groups is 2. The number of nitrogens with zero attached hydrogens (tertiary/aromatic N) is 3. The Bertz CT molecular complexity index is 1240. The molecule has 9 nitrogen and oxygen atoms in total. The normalized spacial score (nSPS) is 10.5. The Balaban J connectivity index is 0. The number of benzene rings is 2. The molecule has 1 aromatic heterocycles. The zero-order valence-corrected chi connectivity index (χ0v) is 19.4. The minimum absolute atomic E-state index is 0. The third kappa shape index (κ3) is 8.41. The fourth-order valence-electron chi connectivity index (χ4n) is 2.47. The maximum absolute atomic E-state index is 13.2. The van der Waals surface area contributed by atoms with E-state index in [1.807, 2.05) is 0 Å². The van der Waals surface area contributed by atoms with Gasteiger partial charge in [0.05, 0.1) is 21.1 Å². The van der Waals surface area contributed by atoms with Crippen LogP contribution in [0.2, 0.25) is 5.02 Å². The average molecular weight is 548 g/mol. The van der Waals surface area contributed by atoms with Gasteiger partial charge in [0.2, 0.25) is 0 Å². The third-order valence-electron chi connectivity index (χ3n) is 4.14. The lowest BCUT2D eigenvalue weighted by Crippen LogP contribution is -2.17. The quantitative estimate of drug-likeness (QED) is 0.214. The smallest absolute Gasteiger partial charge is 0.375 e. The van der Waals surface area contributed by atoms with Crippen molar-refractivity contribution in [2.45, 2.75) is 32.4 Å². The Morgan fingerprint density at radius 2 is 1.33 bits per heavy atom. The van der Waals surface area contributed by atoms with E-state index >= 15 is 0 Å². The number of halogens is 7. The predicted molar refractivity (Wildman–Crippen MR) is 120 cm³/mol. The summed E-state index contributed by atoms with van der Waals surface area (Å²) in [5.41, 5.74) is -3.94. The molecule has 3 rings (SSSR count). The second-order valence-corrected chi connectivity index (χ2v) is 8.11. The van der Waals surface area contributed by atoms with E-state index in [0.29, 0.717) is 15.8 Å². The van der Waals surface area contributed by atoms with Crippen LogP contribution >= 0.6 is 11.6 Å². The first-order valence-electron chi connectivity index (χ1n) is 9.11. The molecule has 0 saturated carbocycles. The molecule has 16 heteroatoms. The van der Waals surface area contributed by atoms with Crippen LogP contribution < -0.4 is 5.56 Å².